The molecule has 0 saturated heterocycles. The molecule has 0 aromatic rings. The molecule has 0 spiro atoms. The number of ether oxygens (including phenoxy) is 3. The normalized spacial score (nSPS) is 12.7. The molecule has 6 heteroatoms. The Morgan fingerprint density at radius 2 is 0.621 bits per heavy atom. The van der Waals surface area contributed by atoms with E-state index in [0.717, 1.165) is 77.0 Å². The minimum absolute atomic E-state index is 0.104. The number of hydrogen-bond acceptors (Lipinski definition) is 6. The molecule has 0 rings (SSSR count). The second-order valence-corrected chi connectivity index (χ2v) is 18.1. The second kappa shape index (κ2) is 54.2. The van der Waals surface area contributed by atoms with Crippen molar-refractivity contribution < 1.29 is 28.6 Å². The molecule has 6 nitrogen and oxygen atoms in total. The first-order valence-electron chi connectivity index (χ1n) is 27.6. The summed E-state index contributed by atoms with van der Waals surface area (Å²) in [6.07, 6.45) is 70.1. The summed E-state index contributed by atoms with van der Waals surface area (Å²) < 4.78 is 16.8. The fourth-order valence-electron chi connectivity index (χ4n) is 7.48. The Labute approximate surface area is 407 Å². The van der Waals surface area contributed by atoms with Gasteiger partial charge in [0.1, 0.15) is 13.2 Å². The third-order valence-electron chi connectivity index (χ3n) is 11.6. The smallest absolute Gasteiger partial charge is 0.306 e. The van der Waals surface area contributed by atoms with E-state index in [9.17, 15) is 14.4 Å². The van der Waals surface area contributed by atoms with E-state index in [1.807, 2.05) is 6.08 Å². The zero-order valence-corrected chi connectivity index (χ0v) is 43.2. The maximum atomic E-state index is 12.8. The number of esters is 3. The third-order valence-corrected chi connectivity index (χ3v) is 11.6. The van der Waals surface area contributed by atoms with Gasteiger partial charge in [-0.15, -0.1) is 0 Å². The van der Waals surface area contributed by atoms with Crippen LogP contribution in [0.2, 0.25) is 0 Å². The van der Waals surface area contributed by atoms with Crippen molar-refractivity contribution in [2.45, 2.75) is 264 Å². The molecular formula is C60H102O6. The molecule has 1 unspecified atom stereocenters. The molecule has 0 fully saturated rings. The van der Waals surface area contributed by atoms with Crippen molar-refractivity contribution in [3.63, 3.8) is 0 Å². The van der Waals surface area contributed by atoms with E-state index >= 15 is 0 Å². The van der Waals surface area contributed by atoms with Crippen LogP contribution in [0.4, 0.5) is 0 Å². The topological polar surface area (TPSA) is 78.9 Å². The maximum Gasteiger partial charge on any atom is 0.306 e. The number of rotatable bonds is 49. The van der Waals surface area contributed by atoms with Crippen LogP contribution < -0.4 is 0 Å². The van der Waals surface area contributed by atoms with E-state index < -0.39 is 6.10 Å². The first-order valence-corrected chi connectivity index (χ1v) is 27.6. The second-order valence-electron chi connectivity index (χ2n) is 18.1. The van der Waals surface area contributed by atoms with Crippen LogP contribution in [0.5, 0.6) is 0 Å². The van der Waals surface area contributed by atoms with E-state index in [1.54, 1.807) is 0 Å². The molecule has 0 radical (unpaired) electrons. The molecule has 0 heterocycles. The van der Waals surface area contributed by atoms with Crippen molar-refractivity contribution in [1.29, 1.82) is 0 Å². The molecule has 378 valence electrons. The number of allylic oxidation sites excluding steroid dienone is 14. The number of unbranched alkanes of at least 4 members (excludes halogenated alkanes) is 24. The van der Waals surface area contributed by atoms with Crippen LogP contribution in [-0.4, -0.2) is 37.2 Å². The summed E-state index contributed by atoms with van der Waals surface area (Å²) in [7, 11) is 0. The van der Waals surface area contributed by atoms with E-state index in [4.69, 9.17) is 14.2 Å². The molecule has 0 aromatic heterocycles. The summed E-state index contributed by atoms with van der Waals surface area (Å²) in [5.74, 6) is -0.998. The van der Waals surface area contributed by atoms with Gasteiger partial charge in [0, 0.05) is 19.3 Å². The average Bonchev–Trinajstić information content (AvgIpc) is 3.31. The van der Waals surface area contributed by atoms with Gasteiger partial charge in [0.05, 0.1) is 0 Å². The van der Waals surface area contributed by atoms with Gasteiger partial charge < -0.3 is 14.2 Å². The minimum Gasteiger partial charge on any atom is -0.462 e. The van der Waals surface area contributed by atoms with Crippen LogP contribution in [0.1, 0.15) is 258 Å². The lowest BCUT2D eigenvalue weighted by Crippen LogP contribution is -2.30. The van der Waals surface area contributed by atoms with Crippen molar-refractivity contribution >= 4 is 17.9 Å². The summed E-state index contributed by atoms with van der Waals surface area (Å²) in [5, 5.41) is 0. The van der Waals surface area contributed by atoms with Gasteiger partial charge in [0.2, 0.25) is 0 Å². The van der Waals surface area contributed by atoms with Gasteiger partial charge in [-0.2, -0.15) is 0 Å². The highest BCUT2D eigenvalue weighted by molar-refractivity contribution is 5.71. The Kier molecular flexibility index (Phi) is 51.4. The van der Waals surface area contributed by atoms with Gasteiger partial charge in [-0.05, 0) is 103 Å². The SMILES string of the molecule is CC/C=C\C/C=C\C/C=C\C/C=C\CCC(=O)OCC(COC(=O)CCCCCCCCC/C=C\C/C=C\CCCCCC)OC(=O)CCCCCCCCC/C=C\CCCCCCCC. The first-order chi connectivity index (χ1) is 32.5. The first kappa shape index (κ1) is 62.6. The molecule has 0 aliphatic heterocycles. The van der Waals surface area contributed by atoms with Gasteiger partial charge in [-0.25, -0.2) is 0 Å². The van der Waals surface area contributed by atoms with Crippen LogP contribution in [-0.2, 0) is 28.6 Å². The van der Waals surface area contributed by atoms with Crippen molar-refractivity contribution in [1.82, 2.24) is 0 Å². The number of hydrogen-bond donors (Lipinski definition) is 0. The van der Waals surface area contributed by atoms with Gasteiger partial charge in [-0.3, -0.25) is 14.4 Å². The monoisotopic (exact) mass is 919 g/mol. The van der Waals surface area contributed by atoms with Gasteiger partial charge in [0.15, 0.2) is 6.10 Å². The molecule has 0 aliphatic carbocycles. The van der Waals surface area contributed by atoms with Crippen LogP contribution >= 0.6 is 0 Å². The van der Waals surface area contributed by atoms with E-state index in [-0.39, 0.29) is 37.5 Å². The highest BCUT2D eigenvalue weighted by Crippen LogP contribution is 2.14. The Hall–Kier alpha value is -3.41. The highest BCUT2D eigenvalue weighted by Gasteiger charge is 2.19. The summed E-state index contributed by atoms with van der Waals surface area (Å²) in [5.41, 5.74) is 0. The standard InChI is InChI=1S/C60H102O6/c1-4-7-10-13-16-19-22-25-27-29-31-32-35-38-41-44-47-50-53-59(62)65-56-57(55-64-58(61)52-49-46-43-40-37-34-24-21-18-15-12-9-6-3)66-60(63)54-51-48-45-42-39-36-33-30-28-26-23-20-17-14-11-8-5-2/h9,12,18-19,21-22,26-29,34,37,43,46,57H,4-8,10-11,13-17,20,23-25,30-33,35-36,38-42,44-45,47-56H2,1-3H3/b12-9-,21-18-,22-19-,28-26-,29-27-,37-34-,46-43-. The molecule has 0 amide bonds. The molecule has 66 heavy (non-hydrogen) atoms. The predicted octanol–water partition coefficient (Wildman–Crippen LogP) is 18.4. The number of carbonyl (C=O) groups is 3. The number of carbonyl (C=O) groups excluding carboxylic acids is 3. The maximum absolute atomic E-state index is 12.8. The molecule has 1 atom stereocenters. The average molecular weight is 919 g/mol. The van der Waals surface area contributed by atoms with Gasteiger partial charge in [0.25, 0.3) is 0 Å². The molecule has 0 aromatic carbocycles. The van der Waals surface area contributed by atoms with Gasteiger partial charge >= 0.3 is 17.9 Å². The largest absolute Gasteiger partial charge is 0.462 e. The summed E-state index contributed by atoms with van der Waals surface area (Å²) in [4.78, 5) is 38.0. The Morgan fingerprint density at radius 3 is 1.05 bits per heavy atom. The molecular weight excluding hydrogens is 817 g/mol. The lowest BCUT2D eigenvalue weighted by molar-refractivity contribution is -0.166. The van der Waals surface area contributed by atoms with Crippen LogP contribution in [0.25, 0.3) is 0 Å². The minimum atomic E-state index is -0.811. The van der Waals surface area contributed by atoms with Crippen LogP contribution in [0.15, 0.2) is 85.1 Å². The summed E-state index contributed by atoms with van der Waals surface area (Å²) >= 11 is 0. The Bertz CT molecular complexity index is 1290. The van der Waals surface area contributed by atoms with Crippen molar-refractivity contribution in [3.8, 4) is 0 Å². The van der Waals surface area contributed by atoms with E-state index in [0.29, 0.717) is 19.3 Å². The van der Waals surface area contributed by atoms with Crippen molar-refractivity contribution in [3.05, 3.63) is 85.1 Å². The van der Waals surface area contributed by atoms with Crippen LogP contribution in [0.3, 0.4) is 0 Å². The fraction of sp³-hybridized carbons (Fsp3) is 0.717. The van der Waals surface area contributed by atoms with E-state index in [2.05, 4.69) is 99.8 Å². The lowest BCUT2D eigenvalue weighted by Gasteiger charge is -2.18. The summed E-state index contributed by atoms with van der Waals surface area (Å²) in [6.45, 7) is 6.43. The third kappa shape index (κ3) is 51.6. The molecule has 0 bridgehead atoms. The Morgan fingerprint density at radius 1 is 0.318 bits per heavy atom. The van der Waals surface area contributed by atoms with Crippen molar-refractivity contribution in [2.75, 3.05) is 13.2 Å². The zero-order chi connectivity index (χ0) is 47.9. The molecule has 0 N–H and O–H groups in total. The van der Waals surface area contributed by atoms with E-state index in [1.165, 1.54) is 135 Å². The Balaban J connectivity index is 4.45. The molecule has 0 saturated carbocycles. The van der Waals surface area contributed by atoms with Crippen molar-refractivity contribution in [2.24, 2.45) is 0 Å². The highest BCUT2D eigenvalue weighted by atomic mass is 16.6. The van der Waals surface area contributed by atoms with Gasteiger partial charge in [-0.1, -0.05) is 221 Å². The van der Waals surface area contributed by atoms with Crippen LogP contribution in [0, 0.1) is 0 Å². The fourth-order valence-corrected chi connectivity index (χ4v) is 7.48. The zero-order valence-electron chi connectivity index (χ0n) is 43.2. The quantitative estimate of drug-likeness (QED) is 0.0262. The molecule has 0 aliphatic rings. The lowest BCUT2D eigenvalue weighted by atomic mass is 10.1. The summed E-state index contributed by atoms with van der Waals surface area (Å²) in [6, 6.07) is 0. The predicted molar refractivity (Wildman–Crippen MR) is 284 cm³/mol.